The highest BCUT2D eigenvalue weighted by Crippen LogP contribution is 2.36. The summed E-state index contributed by atoms with van der Waals surface area (Å²) < 4.78 is 24.0. The molecular weight excluding hydrogens is 515 g/mol. The summed E-state index contributed by atoms with van der Waals surface area (Å²) in [5.41, 5.74) is 11.4. The number of fused-ring (bicyclic) bond motifs is 1. The lowest BCUT2D eigenvalue weighted by Crippen LogP contribution is -2.45. The lowest BCUT2D eigenvalue weighted by molar-refractivity contribution is -0.143. The van der Waals surface area contributed by atoms with Crippen molar-refractivity contribution in [2.24, 2.45) is 5.73 Å². The van der Waals surface area contributed by atoms with Crippen LogP contribution in [0.4, 0.5) is 15.8 Å². The van der Waals surface area contributed by atoms with Crippen LogP contribution in [0.3, 0.4) is 0 Å². The molecule has 2 aromatic heterocycles. The number of benzene rings is 2. The number of carbonyl (C=O) groups is 4. The maximum Gasteiger partial charge on any atom is 0.325 e. The highest BCUT2D eigenvalue weighted by Gasteiger charge is 2.38. The molecule has 38 heavy (non-hydrogen) atoms. The smallest absolute Gasteiger partial charge is 0.325 e. The first-order valence-electron chi connectivity index (χ1n) is 11.4. The van der Waals surface area contributed by atoms with Gasteiger partial charge in [-0.2, -0.15) is 4.37 Å². The van der Waals surface area contributed by atoms with E-state index in [4.69, 9.17) is 16.2 Å². The molecule has 1 atom stereocenters. The fourth-order valence-corrected chi connectivity index (χ4v) is 4.68. The van der Waals surface area contributed by atoms with Crippen molar-refractivity contribution in [3.8, 4) is 0 Å². The number of hydrogen-bond donors (Lipinski definition) is 4. The molecule has 11 nitrogen and oxygen atoms in total. The monoisotopic (exact) mass is 538 g/mol. The molecule has 0 unspecified atom stereocenters. The Morgan fingerprint density at radius 1 is 1.16 bits per heavy atom. The molecule has 0 spiro atoms. The minimum Gasteiger partial charge on any atom is -0.465 e. The molecule has 4 aromatic rings. The van der Waals surface area contributed by atoms with Crippen molar-refractivity contribution in [2.45, 2.75) is 13.0 Å². The number of hydrogen-bond acceptors (Lipinski definition) is 8. The zero-order chi connectivity index (χ0) is 27.4. The summed E-state index contributed by atoms with van der Waals surface area (Å²) in [4.78, 5) is 55.1. The Labute approximate surface area is 219 Å². The normalized spacial score (nSPS) is 11.6. The van der Waals surface area contributed by atoms with E-state index in [-0.39, 0.29) is 28.6 Å². The first-order valence-corrected chi connectivity index (χ1v) is 12.1. The van der Waals surface area contributed by atoms with Gasteiger partial charge in [-0.1, -0.05) is 30.3 Å². The number of esters is 1. The Kier molecular flexibility index (Phi) is 7.67. The van der Waals surface area contributed by atoms with Crippen LogP contribution in [-0.4, -0.2) is 46.2 Å². The van der Waals surface area contributed by atoms with Crippen molar-refractivity contribution in [2.75, 3.05) is 23.8 Å². The number of para-hydroxylation sites is 2. The molecule has 0 aliphatic heterocycles. The number of halogens is 1. The molecule has 2 heterocycles. The first kappa shape index (κ1) is 26.3. The summed E-state index contributed by atoms with van der Waals surface area (Å²) in [7, 11) is 0. The van der Waals surface area contributed by atoms with Gasteiger partial charge in [0.1, 0.15) is 23.3 Å². The molecule has 2 aromatic carbocycles. The molecule has 0 aliphatic rings. The number of anilines is 2. The second-order valence-electron chi connectivity index (χ2n) is 7.98. The molecule has 4 rings (SSSR count). The number of nitrogens with one attached hydrogen (secondary N) is 2. The van der Waals surface area contributed by atoms with Crippen LogP contribution in [0.2, 0.25) is 0 Å². The van der Waals surface area contributed by atoms with Crippen molar-refractivity contribution < 1.29 is 28.3 Å². The standard InChI is InChI=1S/C25H23FN6O5S/c1-2-37-18(33)12-30-24(35)21(14-11-29-16-9-5-3-7-13(14)16)32(17-10-6-4-8-15(17)26)25(36)22-19(27)20(23(28)34)31-38-22/h3-11,21,29H,2,12,27H2,1H3,(H2,28,34)(H,30,35)/t21-/m1/s1. The van der Waals surface area contributed by atoms with Gasteiger partial charge < -0.3 is 26.5 Å². The molecule has 6 N–H and O–H groups in total. The summed E-state index contributed by atoms with van der Waals surface area (Å²) in [6.07, 6.45) is 1.52. The Balaban J connectivity index is 1.90. The molecule has 13 heteroatoms. The fourth-order valence-electron chi connectivity index (χ4n) is 3.94. The minimum atomic E-state index is -1.48. The average Bonchev–Trinajstić information content (AvgIpc) is 3.50. The first-order chi connectivity index (χ1) is 18.2. The molecule has 0 fully saturated rings. The second kappa shape index (κ2) is 11.1. The van der Waals surface area contributed by atoms with E-state index in [1.54, 1.807) is 31.2 Å². The Hall–Kier alpha value is -4.78. The number of aromatic amines is 1. The van der Waals surface area contributed by atoms with Crippen LogP contribution in [0, 0.1) is 5.82 Å². The largest absolute Gasteiger partial charge is 0.465 e. The van der Waals surface area contributed by atoms with Gasteiger partial charge in [0, 0.05) is 22.7 Å². The number of nitrogen functional groups attached to an aromatic ring is 1. The van der Waals surface area contributed by atoms with Crippen LogP contribution >= 0.6 is 11.5 Å². The lowest BCUT2D eigenvalue weighted by atomic mass is 10.0. The zero-order valence-corrected chi connectivity index (χ0v) is 20.9. The van der Waals surface area contributed by atoms with E-state index in [1.807, 2.05) is 0 Å². The van der Waals surface area contributed by atoms with E-state index >= 15 is 4.39 Å². The maximum absolute atomic E-state index is 15.2. The number of primary amides is 1. The van der Waals surface area contributed by atoms with Gasteiger partial charge >= 0.3 is 5.97 Å². The number of nitrogens with zero attached hydrogens (tertiary/aromatic N) is 2. The van der Waals surface area contributed by atoms with Crippen molar-refractivity contribution in [1.82, 2.24) is 14.7 Å². The molecule has 0 saturated heterocycles. The Bertz CT molecular complexity index is 1530. The van der Waals surface area contributed by atoms with E-state index < -0.39 is 42.1 Å². The molecule has 3 amide bonds. The fraction of sp³-hybridized carbons (Fsp3) is 0.160. The number of amides is 3. The highest BCUT2D eigenvalue weighted by molar-refractivity contribution is 7.09. The molecular formula is C25H23FN6O5S. The van der Waals surface area contributed by atoms with Crippen molar-refractivity contribution in [1.29, 1.82) is 0 Å². The summed E-state index contributed by atoms with van der Waals surface area (Å²) in [5, 5.41) is 3.05. The number of nitrogens with two attached hydrogens (primary N) is 2. The molecule has 0 radical (unpaired) electrons. The van der Waals surface area contributed by atoms with Gasteiger partial charge in [-0.25, -0.2) is 4.39 Å². The van der Waals surface area contributed by atoms with Gasteiger partial charge in [0.05, 0.1) is 18.0 Å². The number of aromatic nitrogens is 2. The van der Waals surface area contributed by atoms with Crippen LogP contribution in [0.15, 0.2) is 54.7 Å². The van der Waals surface area contributed by atoms with Gasteiger partial charge in [-0.15, -0.1) is 0 Å². The number of rotatable bonds is 9. The highest BCUT2D eigenvalue weighted by atomic mass is 32.1. The Morgan fingerprint density at radius 3 is 2.55 bits per heavy atom. The maximum atomic E-state index is 15.2. The molecule has 0 saturated carbocycles. The summed E-state index contributed by atoms with van der Waals surface area (Å²) >= 11 is 0.593. The van der Waals surface area contributed by atoms with Gasteiger partial charge in [0.15, 0.2) is 5.69 Å². The number of H-pyrrole nitrogens is 1. The van der Waals surface area contributed by atoms with Crippen LogP contribution in [-0.2, 0) is 14.3 Å². The molecule has 0 aliphatic carbocycles. The molecule has 0 bridgehead atoms. The average molecular weight is 539 g/mol. The van der Waals surface area contributed by atoms with Crippen LogP contribution in [0.5, 0.6) is 0 Å². The van der Waals surface area contributed by atoms with Gasteiger partial charge in [0.2, 0.25) is 5.91 Å². The summed E-state index contributed by atoms with van der Waals surface area (Å²) in [5.74, 6) is -4.14. The van der Waals surface area contributed by atoms with Crippen molar-refractivity contribution in [3.05, 3.63) is 76.7 Å². The van der Waals surface area contributed by atoms with Crippen molar-refractivity contribution in [3.63, 3.8) is 0 Å². The SMILES string of the molecule is CCOC(=O)CNC(=O)[C@@H](c1c[nH]c2ccccc12)N(C(=O)c1snc(C(N)=O)c1N)c1ccccc1F. The van der Waals surface area contributed by atoms with Gasteiger partial charge in [-0.05, 0) is 36.7 Å². The third kappa shape index (κ3) is 5.04. The Morgan fingerprint density at radius 2 is 1.87 bits per heavy atom. The topological polar surface area (TPSA) is 174 Å². The summed E-state index contributed by atoms with van der Waals surface area (Å²) in [6.45, 7) is 1.24. The molecule has 196 valence electrons. The quantitative estimate of drug-likeness (QED) is 0.237. The van der Waals surface area contributed by atoms with E-state index in [0.29, 0.717) is 28.0 Å². The van der Waals surface area contributed by atoms with E-state index in [1.165, 1.54) is 24.4 Å². The van der Waals surface area contributed by atoms with Crippen LogP contribution < -0.4 is 21.7 Å². The van der Waals surface area contributed by atoms with E-state index in [0.717, 1.165) is 11.0 Å². The van der Waals surface area contributed by atoms with E-state index in [9.17, 15) is 19.2 Å². The summed E-state index contributed by atoms with van der Waals surface area (Å²) in [6, 6.07) is 10.9. The third-order valence-electron chi connectivity index (χ3n) is 5.62. The van der Waals surface area contributed by atoms with Gasteiger partial charge in [-0.3, -0.25) is 24.1 Å². The van der Waals surface area contributed by atoms with Crippen LogP contribution in [0.1, 0.15) is 38.7 Å². The number of carbonyl (C=O) groups excluding carboxylic acids is 4. The predicted molar refractivity (Wildman–Crippen MR) is 139 cm³/mol. The number of ether oxygens (including phenoxy) is 1. The predicted octanol–water partition coefficient (Wildman–Crippen LogP) is 2.51. The van der Waals surface area contributed by atoms with Crippen LogP contribution in [0.25, 0.3) is 10.9 Å². The third-order valence-corrected chi connectivity index (χ3v) is 6.47. The van der Waals surface area contributed by atoms with Gasteiger partial charge in [0.25, 0.3) is 11.8 Å². The second-order valence-corrected chi connectivity index (χ2v) is 8.75. The van der Waals surface area contributed by atoms with Crippen molar-refractivity contribution >= 4 is 57.5 Å². The van der Waals surface area contributed by atoms with E-state index in [2.05, 4.69) is 14.7 Å². The lowest BCUT2D eigenvalue weighted by Gasteiger charge is -2.31. The zero-order valence-electron chi connectivity index (χ0n) is 20.1. The minimum absolute atomic E-state index is 0.104.